The minimum absolute atomic E-state index is 0.0410. The number of hydrogen-bond acceptors (Lipinski definition) is 7. The van der Waals surface area contributed by atoms with E-state index in [1.165, 1.54) is 19.1 Å². The number of nitrogens with zero attached hydrogens (tertiary/aromatic N) is 2. The van der Waals surface area contributed by atoms with Crippen molar-refractivity contribution < 1.29 is 24.5 Å². The van der Waals surface area contributed by atoms with Gasteiger partial charge in [0, 0.05) is 18.2 Å². The van der Waals surface area contributed by atoms with E-state index < -0.39 is 45.4 Å². The number of aliphatic hydroxyl groups excluding tert-OH is 2. The topological polar surface area (TPSA) is 139 Å². The molecule has 11 heteroatoms. The average Bonchev–Trinajstić information content (AvgIpc) is 2.61. The highest BCUT2D eigenvalue weighted by Crippen LogP contribution is 2.39. The van der Waals surface area contributed by atoms with Gasteiger partial charge in [0.1, 0.15) is 5.82 Å². The van der Waals surface area contributed by atoms with Crippen molar-refractivity contribution in [2.75, 3.05) is 11.9 Å². The summed E-state index contributed by atoms with van der Waals surface area (Å²) in [6.07, 6.45) is -1.31. The number of aliphatic hydroxyl groups is 2. The molecule has 2 rings (SSSR count). The smallest absolute Gasteiger partial charge is 0.302 e. The molecule has 2 aromatic carbocycles. The molecule has 144 valence electrons. The third-order valence-electron chi connectivity index (χ3n) is 3.99. The Morgan fingerprint density at radius 2 is 1.93 bits per heavy atom. The number of halogens is 2. The third kappa shape index (κ3) is 4.30. The van der Waals surface area contributed by atoms with E-state index in [1.54, 1.807) is 0 Å². The largest absolute Gasteiger partial charge is 0.392 e. The minimum Gasteiger partial charge on any atom is -0.392 e. The molecule has 0 fully saturated rings. The Morgan fingerprint density at radius 1 is 1.26 bits per heavy atom. The van der Waals surface area contributed by atoms with Gasteiger partial charge in [-0.25, -0.2) is 4.39 Å². The van der Waals surface area contributed by atoms with Crippen LogP contribution in [0.3, 0.4) is 0 Å². The second-order valence-electron chi connectivity index (χ2n) is 5.65. The highest BCUT2D eigenvalue weighted by molar-refractivity contribution is 6.30. The standard InChI is InChI=1S/C16H15ClFN3O6/c1-8-10(7-22)5-13(20(24)25)15(16(8)21(26)27)19-6-14(23)9-2-3-11(17)12(18)4-9/h2-5,14,19,22-23H,6-7H2,1H3. The molecule has 1 unspecified atom stereocenters. The van der Waals surface area contributed by atoms with E-state index in [9.17, 15) is 34.8 Å². The van der Waals surface area contributed by atoms with Crippen molar-refractivity contribution in [3.63, 3.8) is 0 Å². The molecule has 0 saturated heterocycles. The second kappa shape index (κ2) is 8.25. The zero-order valence-corrected chi connectivity index (χ0v) is 14.7. The maximum Gasteiger partial charge on any atom is 0.302 e. The summed E-state index contributed by atoms with van der Waals surface area (Å²) in [5.74, 6) is -0.756. The number of nitro benzene ring substituents is 2. The number of hydrogen-bond donors (Lipinski definition) is 3. The molecular weight excluding hydrogens is 385 g/mol. The Bertz CT molecular complexity index is 908. The van der Waals surface area contributed by atoms with Gasteiger partial charge in [0.25, 0.3) is 5.69 Å². The first-order chi connectivity index (χ1) is 12.7. The molecule has 0 bridgehead atoms. The van der Waals surface area contributed by atoms with Gasteiger partial charge in [-0.3, -0.25) is 20.2 Å². The Balaban J connectivity index is 2.41. The molecule has 1 atom stereocenters. The van der Waals surface area contributed by atoms with E-state index in [4.69, 9.17) is 11.6 Å². The molecule has 9 nitrogen and oxygen atoms in total. The summed E-state index contributed by atoms with van der Waals surface area (Å²) in [4.78, 5) is 21.1. The molecule has 0 radical (unpaired) electrons. The van der Waals surface area contributed by atoms with Crippen LogP contribution in [-0.2, 0) is 6.61 Å². The van der Waals surface area contributed by atoms with E-state index in [0.717, 1.165) is 12.1 Å². The predicted molar refractivity (Wildman–Crippen MR) is 95.3 cm³/mol. The summed E-state index contributed by atoms with van der Waals surface area (Å²) in [7, 11) is 0. The molecule has 0 amide bonds. The first kappa shape index (κ1) is 20.5. The fraction of sp³-hybridized carbons (Fsp3) is 0.250. The molecule has 0 aliphatic rings. The molecule has 0 aromatic heterocycles. The van der Waals surface area contributed by atoms with Gasteiger partial charge in [0.05, 0.1) is 27.6 Å². The van der Waals surface area contributed by atoms with Crippen LogP contribution in [0, 0.1) is 33.0 Å². The fourth-order valence-corrected chi connectivity index (χ4v) is 2.67. The van der Waals surface area contributed by atoms with Crippen LogP contribution in [-0.4, -0.2) is 26.6 Å². The summed E-state index contributed by atoms with van der Waals surface area (Å²) in [5, 5.41) is 44.5. The lowest BCUT2D eigenvalue weighted by Crippen LogP contribution is -2.15. The van der Waals surface area contributed by atoms with Crippen LogP contribution in [0.4, 0.5) is 21.5 Å². The summed E-state index contributed by atoms with van der Waals surface area (Å²) >= 11 is 5.57. The summed E-state index contributed by atoms with van der Waals surface area (Å²) in [5.41, 5.74) is -1.37. The van der Waals surface area contributed by atoms with Crippen LogP contribution in [0.25, 0.3) is 0 Å². The summed E-state index contributed by atoms with van der Waals surface area (Å²) in [6, 6.07) is 4.62. The van der Waals surface area contributed by atoms with Gasteiger partial charge in [-0.1, -0.05) is 17.7 Å². The van der Waals surface area contributed by atoms with Crippen molar-refractivity contribution in [1.82, 2.24) is 0 Å². The lowest BCUT2D eigenvalue weighted by molar-refractivity contribution is -0.392. The number of nitrogens with one attached hydrogen (secondary N) is 1. The highest BCUT2D eigenvalue weighted by Gasteiger charge is 2.30. The van der Waals surface area contributed by atoms with E-state index in [0.29, 0.717) is 0 Å². The van der Waals surface area contributed by atoms with Crippen molar-refractivity contribution in [2.24, 2.45) is 0 Å². The summed E-state index contributed by atoms with van der Waals surface area (Å²) in [6.45, 7) is 0.380. The molecule has 0 heterocycles. The first-order valence-electron chi connectivity index (χ1n) is 7.60. The Kier molecular flexibility index (Phi) is 6.26. The van der Waals surface area contributed by atoms with Gasteiger partial charge in [0.15, 0.2) is 5.69 Å². The molecule has 2 aromatic rings. The van der Waals surface area contributed by atoms with Crippen molar-refractivity contribution in [1.29, 1.82) is 0 Å². The summed E-state index contributed by atoms with van der Waals surface area (Å²) < 4.78 is 13.5. The van der Waals surface area contributed by atoms with Crippen molar-refractivity contribution in [2.45, 2.75) is 19.6 Å². The molecule has 0 aliphatic carbocycles. The van der Waals surface area contributed by atoms with Crippen LogP contribution in [0.1, 0.15) is 22.8 Å². The van der Waals surface area contributed by atoms with Crippen LogP contribution < -0.4 is 5.32 Å². The van der Waals surface area contributed by atoms with Crippen molar-refractivity contribution in [3.05, 3.63) is 72.0 Å². The first-order valence-corrected chi connectivity index (χ1v) is 7.98. The average molecular weight is 400 g/mol. The van der Waals surface area contributed by atoms with E-state index >= 15 is 0 Å². The van der Waals surface area contributed by atoms with Crippen molar-refractivity contribution in [3.8, 4) is 0 Å². The zero-order chi connectivity index (χ0) is 20.3. The number of nitro groups is 2. The minimum atomic E-state index is -1.31. The van der Waals surface area contributed by atoms with Gasteiger partial charge in [-0.05, 0) is 30.2 Å². The molecule has 3 N–H and O–H groups in total. The zero-order valence-electron chi connectivity index (χ0n) is 14.0. The van der Waals surface area contributed by atoms with Crippen molar-refractivity contribution >= 4 is 28.7 Å². The molecule has 0 spiro atoms. The third-order valence-corrected chi connectivity index (χ3v) is 4.30. The van der Waals surface area contributed by atoms with E-state index in [2.05, 4.69) is 5.32 Å². The molecule has 0 aliphatic heterocycles. The maximum atomic E-state index is 13.5. The lowest BCUT2D eigenvalue weighted by atomic mass is 10.0. The monoisotopic (exact) mass is 399 g/mol. The van der Waals surface area contributed by atoms with Gasteiger partial charge < -0.3 is 15.5 Å². The predicted octanol–water partition coefficient (Wildman–Crippen LogP) is 3.24. The fourth-order valence-electron chi connectivity index (χ4n) is 2.55. The molecule has 27 heavy (non-hydrogen) atoms. The van der Waals surface area contributed by atoms with Gasteiger partial charge in [0.2, 0.25) is 0 Å². The van der Waals surface area contributed by atoms with Crippen LogP contribution in [0.2, 0.25) is 5.02 Å². The Morgan fingerprint density at radius 3 is 2.44 bits per heavy atom. The second-order valence-corrected chi connectivity index (χ2v) is 6.05. The lowest BCUT2D eigenvalue weighted by Gasteiger charge is -2.15. The van der Waals surface area contributed by atoms with Crippen LogP contribution in [0.5, 0.6) is 0 Å². The Hall–Kier alpha value is -2.82. The van der Waals surface area contributed by atoms with Gasteiger partial charge >= 0.3 is 5.69 Å². The van der Waals surface area contributed by atoms with Crippen LogP contribution >= 0.6 is 11.6 Å². The SMILES string of the molecule is Cc1c(CO)cc([N+](=O)[O-])c(NCC(O)c2ccc(Cl)c(F)c2)c1[N+](=O)[O-]. The van der Waals surface area contributed by atoms with Gasteiger partial charge in [-0.15, -0.1) is 0 Å². The Labute approximate surface area is 157 Å². The number of anilines is 1. The highest BCUT2D eigenvalue weighted by atomic mass is 35.5. The number of benzene rings is 2. The van der Waals surface area contributed by atoms with E-state index in [-0.39, 0.29) is 28.3 Å². The molecular formula is C16H15ClFN3O6. The number of rotatable bonds is 7. The quantitative estimate of drug-likeness (QED) is 0.479. The normalized spacial score (nSPS) is 11.9. The molecule has 0 saturated carbocycles. The maximum absolute atomic E-state index is 13.5. The van der Waals surface area contributed by atoms with Crippen LogP contribution in [0.15, 0.2) is 24.3 Å². The van der Waals surface area contributed by atoms with Gasteiger partial charge in [-0.2, -0.15) is 0 Å². The van der Waals surface area contributed by atoms with E-state index in [1.807, 2.05) is 0 Å².